The standard InChI is InChI=1S/C15H19F3N6/c16-15(17,18)14-20-19-13-10-22(7-8-23(13)14)9-11-5-6-24(21-11)12-3-1-2-4-12/h5-6,12H,1-4,7-10H2. The Bertz CT molecular complexity index is 713. The molecule has 1 fully saturated rings. The van der Waals surface area contributed by atoms with Crippen molar-refractivity contribution in [2.45, 2.75) is 57.5 Å². The second kappa shape index (κ2) is 5.87. The average molecular weight is 340 g/mol. The molecule has 0 amide bonds. The summed E-state index contributed by atoms with van der Waals surface area (Å²) in [6.45, 7) is 1.76. The molecule has 1 saturated carbocycles. The van der Waals surface area contributed by atoms with E-state index in [1.165, 1.54) is 30.3 Å². The average Bonchev–Trinajstić information content (AvgIpc) is 3.26. The quantitative estimate of drug-likeness (QED) is 0.862. The predicted octanol–water partition coefficient (Wildman–Crippen LogP) is 2.62. The Morgan fingerprint density at radius 2 is 1.92 bits per heavy atom. The van der Waals surface area contributed by atoms with E-state index in [9.17, 15) is 13.2 Å². The highest BCUT2D eigenvalue weighted by Crippen LogP contribution is 2.30. The van der Waals surface area contributed by atoms with E-state index in [0.29, 0.717) is 31.5 Å². The lowest BCUT2D eigenvalue weighted by Crippen LogP contribution is -2.35. The van der Waals surface area contributed by atoms with Crippen LogP contribution in [0.25, 0.3) is 0 Å². The molecule has 2 aliphatic rings. The van der Waals surface area contributed by atoms with Gasteiger partial charge in [-0.3, -0.25) is 9.58 Å². The van der Waals surface area contributed by atoms with Gasteiger partial charge in [-0.25, -0.2) is 0 Å². The summed E-state index contributed by atoms with van der Waals surface area (Å²) in [7, 11) is 0. The first kappa shape index (κ1) is 15.6. The fourth-order valence-corrected chi connectivity index (χ4v) is 3.62. The smallest absolute Gasteiger partial charge is 0.305 e. The highest BCUT2D eigenvalue weighted by atomic mass is 19.4. The van der Waals surface area contributed by atoms with Crippen LogP contribution >= 0.6 is 0 Å². The Morgan fingerprint density at radius 3 is 2.67 bits per heavy atom. The van der Waals surface area contributed by atoms with E-state index in [1.54, 1.807) is 0 Å². The van der Waals surface area contributed by atoms with E-state index in [2.05, 4.69) is 20.2 Å². The minimum absolute atomic E-state index is 0.251. The zero-order valence-electron chi connectivity index (χ0n) is 13.2. The van der Waals surface area contributed by atoms with Crippen LogP contribution in [0.15, 0.2) is 12.3 Å². The van der Waals surface area contributed by atoms with Crippen LogP contribution in [0.5, 0.6) is 0 Å². The van der Waals surface area contributed by atoms with Gasteiger partial charge in [-0.2, -0.15) is 18.3 Å². The van der Waals surface area contributed by atoms with Crippen LogP contribution < -0.4 is 0 Å². The van der Waals surface area contributed by atoms with Gasteiger partial charge in [0.05, 0.1) is 18.3 Å². The maximum Gasteiger partial charge on any atom is 0.451 e. The van der Waals surface area contributed by atoms with Gasteiger partial charge < -0.3 is 4.57 Å². The van der Waals surface area contributed by atoms with E-state index in [4.69, 9.17) is 0 Å². The number of rotatable bonds is 3. The first-order chi connectivity index (χ1) is 11.5. The van der Waals surface area contributed by atoms with Crippen LogP contribution in [0.1, 0.15) is 49.1 Å². The summed E-state index contributed by atoms with van der Waals surface area (Å²) in [5.74, 6) is -0.536. The minimum Gasteiger partial charge on any atom is -0.305 e. The highest BCUT2D eigenvalue weighted by molar-refractivity contribution is 5.05. The molecule has 24 heavy (non-hydrogen) atoms. The zero-order valence-corrected chi connectivity index (χ0v) is 13.2. The van der Waals surface area contributed by atoms with Gasteiger partial charge in [0, 0.05) is 25.8 Å². The van der Waals surface area contributed by atoms with Gasteiger partial charge in [-0.15, -0.1) is 10.2 Å². The van der Waals surface area contributed by atoms with E-state index in [0.717, 1.165) is 5.69 Å². The Morgan fingerprint density at radius 1 is 1.12 bits per heavy atom. The summed E-state index contributed by atoms with van der Waals surface area (Å²) in [5, 5.41) is 11.7. The van der Waals surface area contributed by atoms with Gasteiger partial charge >= 0.3 is 6.18 Å². The Labute approximate surface area is 137 Å². The van der Waals surface area contributed by atoms with Crippen molar-refractivity contribution in [3.8, 4) is 0 Å². The van der Waals surface area contributed by atoms with Crippen molar-refractivity contribution in [2.24, 2.45) is 0 Å². The monoisotopic (exact) mass is 340 g/mol. The summed E-state index contributed by atoms with van der Waals surface area (Å²) in [4.78, 5) is 2.06. The lowest BCUT2D eigenvalue weighted by atomic mass is 10.3. The normalized spacial score (nSPS) is 19.8. The molecule has 2 aromatic rings. The molecule has 1 aliphatic heterocycles. The summed E-state index contributed by atoms with van der Waals surface area (Å²) in [6.07, 6.45) is 2.42. The molecule has 4 rings (SSSR count). The zero-order chi connectivity index (χ0) is 16.7. The molecule has 0 N–H and O–H groups in total. The Kier molecular flexibility index (Phi) is 3.82. The Hall–Kier alpha value is -1.90. The second-order valence-corrected chi connectivity index (χ2v) is 6.53. The van der Waals surface area contributed by atoms with Crippen LogP contribution in [-0.2, 0) is 25.8 Å². The molecule has 0 aromatic carbocycles. The van der Waals surface area contributed by atoms with Crippen molar-refractivity contribution < 1.29 is 13.2 Å². The number of halogens is 3. The predicted molar refractivity (Wildman–Crippen MR) is 78.9 cm³/mol. The van der Waals surface area contributed by atoms with Gasteiger partial charge in [0.1, 0.15) is 5.82 Å². The van der Waals surface area contributed by atoms with Gasteiger partial charge in [-0.1, -0.05) is 12.8 Å². The number of nitrogens with zero attached hydrogens (tertiary/aromatic N) is 6. The summed E-state index contributed by atoms with van der Waals surface area (Å²) in [6, 6.07) is 2.50. The third-order valence-corrected chi connectivity index (χ3v) is 4.83. The molecule has 0 bridgehead atoms. The van der Waals surface area contributed by atoms with E-state index in [-0.39, 0.29) is 6.54 Å². The third-order valence-electron chi connectivity index (χ3n) is 4.83. The van der Waals surface area contributed by atoms with E-state index >= 15 is 0 Å². The molecule has 6 nitrogen and oxygen atoms in total. The fraction of sp³-hybridized carbons (Fsp3) is 0.667. The minimum atomic E-state index is -4.45. The van der Waals surface area contributed by atoms with Gasteiger partial charge in [0.2, 0.25) is 5.82 Å². The molecule has 3 heterocycles. The number of alkyl halides is 3. The topological polar surface area (TPSA) is 51.8 Å². The molecular weight excluding hydrogens is 321 g/mol. The second-order valence-electron chi connectivity index (χ2n) is 6.53. The largest absolute Gasteiger partial charge is 0.451 e. The lowest BCUT2D eigenvalue weighted by molar-refractivity contribution is -0.148. The van der Waals surface area contributed by atoms with Crippen molar-refractivity contribution in [3.05, 3.63) is 29.6 Å². The lowest BCUT2D eigenvalue weighted by Gasteiger charge is -2.27. The number of hydrogen-bond acceptors (Lipinski definition) is 4. The van der Waals surface area contributed by atoms with Crippen LogP contribution in [0, 0.1) is 0 Å². The van der Waals surface area contributed by atoms with Crippen molar-refractivity contribution in [1.82, 2.24) is 29.4 Å². The van der Waals surface area contributed by atoms with Crippen molar-refractivity contribution >= 4 is 0 Å². The van der Waals surface area contributed by atoms with Crippen molar-refractivity contribution in [1.29, 1.82) is 0 Å². The summed E-state index contributed by atoms with van der Waals surface area (Å²) < 4.78 is 41.8. The molecule has 0 radical (unpaired) electrons. The van der Waals surface area contributed by atoms with Crippen LogP contribution in [-0.4, -0.2) is 36.0 Å². The van der Waals surface area contributed by atoms with Crippen molar-refractivity contribution in [2.75, 3.05) is 6.54 Å². The Balaban J connectivity index is 1.43. The number of fused-ring (bicyclic) bond motifs is 1. The summed E-state index contributed by atoms with van der Waals surface area (Å²) in [5.41, 5.74) is 0.950. The highest BCUT2D eigenvalue weighted by Gasteiger charge is 2.39. The van der Waals surface area contributed by atoms with E-state index in [1.807, 2.05) is 16.9 Å². The number of hydrogen-bond donors (Lipinski definition) is 0. The summed E-state index contributed by atoms with van der Waals surface area (Å²) >= 11 is 0. The van der Waals surface area contributed by atoms with Crippen LogP contribution in [0.2, 0.25) is 0 Å². The van der Waals surface area contributed by atoms with Crippen LogP contribution in [0.4, 0.5) is 13.2 Å². The first-order valence-corrected chi connectivity index (χ1v) is 8.26. The van der Waals surface area contributed by atoms with Gasteiger partial charge in [-0.05, 0) is 18.9 Å². The number of aromatic nitrogens is 5. The molecule has 1 aliphatic carbocycles. The van der Waals surface area contributed by atoms with E-state index < -0.39 is 12.0 Å². The molecule has 0 atom stereocenters. The molecule has 9 heteroatoms. The van der Waals surface area contributed by atoms with Gasteiger partial charge in [0.15, 0.2) is 0 Å². The molecule has 2 aromatic heterocycles. The molecule has 0 saturated heterocycles. The van der Waals surface area contributed by atoms with Crippen LogP contribution in [0.3, 0.4) is 0 Å². The molecule has 0 unspecified atom stereocenters. The molecule has 0 spiro atoms. The van der Waals surface area contributed by atoms with Gasteiger partial charge in [0.25, 0.3) is 0 Å². The first-order valence-electron chi connectivity index (χ1n) is 8.26. The maximum absolute atomic E-state index is 12.9. The molecule has 130 valence electrons. The maximum atomic E-state index is 12.9. The molecular formula is C15H19F3N6. The fourth-order valence-electron chi connectivity index (χ4n) is 3.62. The SMILES string of the molecule is FC(F)(F)c1nnc2n1CCN(Cc1ccn(C3CCCC3)n1)C2. The van der Waals surface area contributed by atoms with Crippen molar-refractivity contribution in [3.63, 3.8) is 0 Å². The third kappa shape index (κ3) is 2.92.